The molecular formula is C9H6F2N2OS. The molecule has 1 aromatic heterocycles. The third kappa shape index (κ3) is 2.00. The molecule has 0 saturated carbocycles. The molecule has 1 heterocycles. The Morgan fingerprint density at radius 3 is 2.67 bits per heavy atom. The van der Waals surface area contributed by atoms with E-state index >= 15 is 0 Å². The standard InChI is InChI=1S/C9H6F2N2OS/c10-6-2-1-5(3-7(6)11)9(14)8-4-12-13-15-8/h1-4,9,14H. The zero-order valence-corrected chi connectivity index (χ0v) is 8.21. The first-order valence-electron chi connectivity index (χ1n) is 4.09. The summed E-state index contributed by atoms with van der Waals surface area (Å²) in [7, 11) is 0. The van der Waals surface area contributed by atoms with Crippen molar-refractivity contribution in [3.63, 3.8) is 0 Å². The van der Waals surface area contributed by atoms with E-state index in [-0.39, 0.29) is 5.56 Å². The summed E-state index contributed by atoms with van der Waals surface area (Å²) >= 11 is 1.01. The third-order valence-electron chi connectivity index (χ3n) is 1.91. The van der Waals surface area contributed by atoms with Gasteiger partial charge in [0.15, 0.2) is 11.6 Å². The highest BCUT2D eigenvalue weighted by Gasteiger charge is 2.14. The van der Waals surface area contributed by atoms with Gasteiger partial charge in [0.1, 0.15) is 6.10 Å². The van der Waals surface area contributed by atoms with E-state index in [4.69, 9.17) is 0 Å². The minimum atomic E-state index is -1.01. The lowest BCUT2D eigenvalue weighted by Crippen LogP contribution is -1.98. The number of halogens is 2. The molecule has 0 amide bonds. The fourth-order valence-corrected chi connectivity index (χ4v) is 1.66. The lowest BCUT2D eigenvalue weighted by atomic mass is 10.1. The number of hydrogen-bond acceptors (Lipinski definition) is 4. The topological polar surface area (TPSA) is 46.0 Å². The van der Waals surface area contributed by atoms with Gasteiger partial charge in [-0.1, -0.05) is 10.6 Å². The van der Waals surface area contributed by atoms with Crippen molar-refractivity contribution < 1.29 is 13.9 Å². The molecule has 78 valence electrons. The maximum Gasteiger partial charge on any atom is 0.159 e. The largest absolute Gasteiger partial charge is 0.383 e. The first kappa shape index (κ1) is 10.1. The SMILES string of the molecule is OC(c1ccc(F)c(F)c1)c1cnns1. The van der Waals surface area contributed by atoms with E-state index in [2.05, 4.69) is 9.59 Å². The summed E-state index contributed by atoms with van der Waals surface area (Å²) in [5, 5.41) is 13.3. The molecule has 0 spiro atoms. The Balaban J connectivity index is 2.34. The Hall–Kier alpha value is -1.40. The Labute approximate surface area is 88.2 Å². The van der Waals surface area contributed by atoms with Gasteiger partial charge in [-0.2, -0.15) is 0 Å². The quantitative estimate of drug-likeness (QED) is 0.853. The van der Waals surface area contributed by atoms with E-state index in [1.54, 1.807) is 0 Å². The highest BCUT2D eigenvalue weighted by Crippen LogP contribution is 2.24. The van der Waals surface area contributed by atoms with Gasteiger partial charge in [-0.3, -0.25) is 0 Å². The molecule has 2 rings (SSSR count). The molecule has 1 unspecified atom stereocenters. The molecule has 0 aliphatic heterocycles. The Kier molecular flexibility index (Phi) is 2.70. The van der Waals surface area contributed by atoms with Crippen molar-refractivity contribution in [3.05, 3.63) is 46.5 Å². The van der Waals surface area contributed by atoms with Crippen LogP contribution in [0.3, 0.4) is 0 Å². The molecule has 3 nitrogen and oxygen atoms in total. The Morgan fingerprint density at radius 2 is 2.07 bits per heavy atom. The van der Waals surface area contributed by atoms with Crippen molar-refractivity contribution >= 4 is 11.5 Å². The fourth-order valence-electron chi connectivity index (χ4n) is 1.14. The monoisotopic (exact) mass is 228 g/mol. The van der Waals surface area contributed by atoms with Gasteiger partial charge in [0.05, 0.1) is 11.1 Å². The van der Waals surface area contributed by atoms with Crippen molar-refractivity contribution in [2.75, 3.05) is 0 Å². The molecule has 0 radical (unpaired) electrons. The average molecular weight is 228 g/mol. The van der Waals surface area contributed by atoms with Gasteiger partial charge >= 0.3 is 0 Å². The van der Waals surface area contributed by atoms with Crippen LogP contribution in [0.4, 0.5) is 8.78 Å². The van der Waals surface area contributed by atoms with Crippen LogP contribution >= 0.6 is 11.5 Å². The van der Waals surface area contributed by atoms with Gasteiger partial charge < -0.3 is 5.11 Å². The zero-order valence-electron chi connectivity index (χ0n) is 7.39. The summed E-state index contributed by atoms with van der Waals surface area (Å²) in [5.41, 5.74) is 0.278. The molecule has 0 saturated heterocycles. The van der Waals surface area contributed by atoms with Crippen LogP contribution < -0.4 is 0 Å². The summed E-state index contributed by atoms with van der Waals surface area (Å²) in [5.74, 6) is -1.92. The van der Waals surface area contributed by atoms with Crippen LogP contribution in [0, 0.1) is 11.6 Å². The Bertz CT molecular complexity index is 461. The van der Waals surface area contributed by atoms with Gasteiger partial charge in [-0.05, 0) is 29.2 Å². The summed E-state index contributed by atoms with van der Waals surface area (Å²) in [6.45, 7) is 0. The van der Waals surface area contributed by atoms with Crippen molar-refractivity contribution in [2.45, 2.75) is 6.10 Å². The molecular weight excluding hydrogens is 222 g/mol. The van der Waals surface area contributed by atoms with Gasteiger partial charge in [0.2, 0.25) is 0 Å². The van der Waals surface area contributed by atoms with Crippen LogP contribution in [0.1, 0.15) is 16.5 Å². The molecule has 1 atom stereocenters. The van der Waals surface area contributed by atoms with Crippen LogP contribution in [0.15, 0.2) is 24.4 Å². The Morgan fingerprint density at radius 1 is 1.27 bits per heavy atom. The normalized spacial score (nSPS) is 12.7. The van der Waals surface area contributed by atoms with Crippen molar-refractivity contribution in [2.24, 2.45) is 0 Å². The lowest BCUT2D eigenvalue weighted by molar-refractivity contribution is 0.223. The minimum Gasteiger partial charge on any atom is -0.383 e. The predicted molar refractivity (Wildman–Crippen MR) is 50.3 cm³/mol. The predicted octanol–water partition coefficient (Wildman–Crippen LogP) is 1.90. The van der Waals surface area contributed by atoms with Crippen LogP contribution in [-0.4, -0.2) is 14.7 Å². The first-order chi connectivity index (χ1) is 7.18. The van der Waals surface area contributed by atoms with Crippen molar-refractivity contribution in [1.82, 2.24) is 9.59 Å². The summed E-state index contributed by atoms with van der Waals surface area (Å²) in [4.78, 5) is 0.487. The summed E-state index contributed by atoms with van der Waals surface area (Å²) < 4.78 is 29.1. The van der Waals surface area contributed by atoms with Crippen LogP contribution in [-0.2, 0) is 0 Å². The van der Waals surface area contributed by atoms with E-state index in [0.29, 0.717) is 4.88 Å². The second-order valence-corrected chi connectivity index (χ2v) is 3.71. The van der Waals surface area contributed by atoms with Gasteiger partial charge in [-0.25, -0.2) is 8.78 Å². The van der Waals surface area contributed by atoms with Crippen LogP contribution in [0.5, 0.6) is 0 Å². The number of hydrogen-bond donors (Lipinski definition) is 1. The van der Waals surface area contributed by atoms with Gasteiger partial charge in [-0.15, -0.1) is 5.10 Å². The first-order valence-corrected chi connectivity index (χ1v) is 4.86. The fraction of sp³-hybridized carbons (Fsp3) is 0.111. The van der Waals surface area contributed by atoms with E-state index < -0.39 is 17.7 Å². The number of benzene rings is 1. The zero-order chi connectivity index (χ0) is 10.8. The van der Waals surface area contributed by atoms with E-state index in [9.17, 15) is 13.9 Å². The molecule has 15 heavy (non-hydrogen) atoms. The number of aliphatic hydroxyl groups is 1. The van der Waals surface area contributed by atoms with Crippen molar-refractivity contribution in [3.8, 4) is 0 Å². The molecule has 1 aromatic carbocycles. The molecule has 6 heteroatoms. The molecule has 0 aliphatic rings. The summed E-state index contributed by atoms with van der Waals surface area (Å²) in [6, 6.07) is 3.25. The molecule has 2 aromatic rings. The second-order valence-electron chi connectivity index (χ2n) is 2.90. The third-order valence-corrected chi connectivity index (χ3v) is 2.62. The van der Waals surface area contributed by atoms with Gasteiger partial charge in [0, 0.05) is 0 Å². The number of rotatable bonds is 2. The van der Waals surface area contributed by atoms with Crippen LogP contribution in [0.2, 0.25) is 0 Å². The highest BCUT2D eigenvalue weighted by atomic mass is 32.1. The molecule has 0 fully saturated rings. The lowest BCUT2D eigenvalue weighted by Gasteiger charge is -2.07. The molecule has 0 aliphatic carbocycles. The van der Waals surface area contributed by atoms with Gasteiger partial charge in [0.25, 0.3) is 0 Å². The molecule has 1 N–H and O–H groups in total. The maximum absolute atomic E-state index is 12.9. The smallest absolute Gasteiger partial charge is 0.159 e. The van der Waals surface area contributed by atoms with E-state index in [0.717, 1.165) is 23.7 Å². The highest BCUT2D eigenvalue weighted by molar-refractivity contribution is 7.05. The maximum atomic E-state index is 12.9. The number of nitrogens with zero attached hydrogens (tertiary/aromatic N) is 2. The van der Waals surface area contributed by atoms with E-state index in [1.165, 1.54) is 12.3 Å². The number of aliphatic hydroxyl groups excluding tert-OH is 1. The summed E-state index contributed by atoms with van der Waals surface area (Å²) in [6.07, 6.45) is 0.372. The van der Waals surface area contributed by atoms with Crippen LogP contribution in [0.25, 0.3) is 0 Å². The number of aromatic nitrogens is 2. The van der Waals surface area contributed by atoms with E-state index in [1.807, 2.05) is 0 Å². The average Bonchev–Trinajstić information content (AvgIpc) is 2.74. The molecule has 0 bridgehead atoms. The second kappa shape index (κ2) is 4.00. The van der Waals surface area contributed by atoms with Crippen molar-refractivity contribution in [1.29, 1.82) is 0 Å². The minimum absolute atomic E-state index is 0.278.